The summed E-state index contributed by atoms with van der Waals surface area (Å²) in [6, 6.07) is 10.2. The first-order chi connectivity index (χ1) is 10.5. The predicted octanol–water partition coefficient (Wildman–Crippen LogP) is 4.94. The fourth-order valence-electron chi connectivity index (χ4n) is 2.34. The van der Waals surface area contributed by atoms with Gasteiger partial charge in [0.1, 0.15) is 0 Å². The fraction of sp³-hybridized carbons (Fsp3) is 0.133. The van der Waals surface area contributed by atoms with Crippen LogP contribution in [0.1, 0.15) is 11.5 Å². The van der Waals surface area contributed by atoms with Gasteiger partial charge in [-0.25, -0.2) is 10.4 Å². The summed E-state index contributed by atoms with van der Waals surface area (Å²) in [6.07, 6.45) is 0. The Morgan fingerprint density at radius 2 is 1.55 bits per heavy atom. The van der Waals surface area contributed by atoms with Crippen LogP contribution in [0.2, 0.25) is 20.1 Å². The second-order valence-electron chi connectivity index (χ2n) is 4.86. The summed E-state index contributed by atoms with van der Waals surface area (Å²) < 4.78 is 0. The summed E-state index contributed by atoms with van der Waals surface area (Å²) in [5.74, 6) is -0.416. The van der Waals surface area contributed by atoms with Crippen LogP contribution in [0, 0.1) is 0 Å². The lowest BCUT2D eigenvalue weighted by Crippen LogP contribution is -2.34. The van der Waals surface area contributed by atoms with Crippen molar-refractivity contribution in [1.29, 1.82) is 0 Å². The Bertz CT molecular complexity index is 689. The number of hydrogen-bond donors (Lipinski definition) is 1. The Kier molecular flexibility index (Phi) is 4.53. The number of rotatable bonds is 2. The van der Waals surface area contributed by atoms with Crippen LogP contribution in [0.15, 0.2) is 36.4 Å². The lowest BCUT2D eigenvalue weighted by Gasteiger charge is -2.17. The van der Waals surface area contributed by atoms with E-state index in [0.717, 1.165) is 5.56 Å². The quantitative estimate of drug-likeness (QED) is 0.806. The van der Waals surface area contributed by atoms with Crippen LogP contribution in [0.25, 0.3) is 0 Å². The van der Waals surface area contributed by atoms with Gasteiger partial charge in [0, 0.05) is 6.54 Å². The van der Waals surface area contributed by atoms with Crippen LogP contribution < -0.4 is 10.4 Å². The molecule has 7 heteroatoms. The third-order valence-corrected chi connectivity index (χ3v) is 4.96. The van der Waals surface area contributed by atoms with Gasteiger partial charge >= 0.3 is 0 Å². The van der Waals surface area contributed by atoms with E-state index in [-0.39, 0.29) is 11.8 Å². The Morgan fingerprint density at radius 3 is 2.18 bits per heavy atom. The number of hydrazine groups is 1. The van der Waals surface area contributed by atoms with Gasteiger partial charge in [-0.3, -0.25) is 4.79 Å². The molecule has 1 saturated heterocycles. The standard InChI is InChI=1S/C15H10Cl4N2O/c16-11-3-1-8(5-13(11)18)10-7-20-21(15(10)22)9-2-4-12(17)14(19)6-9/h1-6,10,20H,7H2. The zero-order valence-electron chi connectivity index (χ0n) is 11.1. The molecule has 1 atom stereocenters. The Morgan fingerprint density at radius 1 is 0.909 bits per heavy atom. The number of carbonyl (C=O) groups excluding carboxylic acids is 1. The molecule has 3 rings (SSSR count). The van der Waals surface area contributed by atoms with Gasteiger partial charge in [0.15, 0.2) is 0 Å². The zero-order valence-corrected chi connectivity index (χ0v) is 14.1. The van der Waals surface area contributed by atoms with Crippen molar-refractivity contribution in [2.75, 3.05) is 11.6 Å². The Balaban J connectivity index is 1.88. The molecule has 1 N–H and O–H groups in total. The lowest BCUT2D eigenvalue weighted by atomic mass is 9.99. The summed E-state index contributed by atoms with van der Waals surface area (Å²) in [5.41, 5.74) is 4.51. The smallest absolute Gasteiger partial charge is 0.250 e. The van der Waals surface area contributed by atoms with E-state index in [2.05, 4.69) is 5.43 Å². The van der Waals surface area contributed by atoms with E-state index in [0.29, 0.717) is 32.3 Å². The van der Waals surface area contributed by atoms with Crippen molar-refractivity contribution in [1.82, 2.24) is 5.43 Å². The maximum absolute atomic E-state index is 12.6. The largest absolute Gasteiger partial charge is 0.272 e. The minimum Gasteiger partial charge on any atom is -0.272 e. The van der Waals surface area contributed by atoms with Gasteiger partial charge in [-0.2, -0.15) is 0 Å². The molecule has 1 aliphatic rings. The minimum absolute atomic E-state index is 0.0863. The van der Waals surface area contributed by atoms with Gasteiger partial charge in [0.2, 0.25) is 5.91 Å². The topological polar surface area (TPSA) is 32.3 Å². The molecule has 0 aromatic heterocycles. The first kappa shape index (κ1) is 15.9. The normalized spacial score (nSPS) is 18.1. The fourth-order valence-corrected chi connectivity index (χ4v) is 2.93. The van der Waals surface area contributed by atoms with Crippen LogP contribution in [0.5, 0.6) is 0 Å². The molecule has 0 radical (unpaired) electrons. The van der Waals surface area contributed by atoms with Crippen LogP contribution in [0.3, 0.4) is 0 Å². The number of nitrogens with zero attached hydrogens (tertiary/aromatic N) is 1. The van der Waals surface area contributed by atoms with Crippen molar-refractivity contribution in [3.63, 3.8) is 0 Å². The third kappa shape index (κ3) is 2.92. The zero-order chi connectivity index (χ0) is 15.9. The monoisotopic (exact) mass is 374 g/mol. The van der Waals surface area contributed by atoms with Gasteiger partial charge in [-0.05, 0) is 35.9 Å². The third-order valence-electron chi connectivity index (χ3n) is 3.48. The maximum Gasteiger partial charge on any atom is 0.250 e. The maximum atomic E-state index is 12.6. The van der Waals surface area contributed by atoms with Gasteiger partial charge in [0.25, 0.3) is 0 Å². The van der Waals surface area contributed by atoms with Crippen molar-refractivity contribution in [2.24, 2.45) is 0 Å². The number of hydrogen-bond acceptors (Lipinski definition) is 2. The highest BCUT2D eigenvalue weighted by atomic mass is 35.5. The predicted molar refractivity (Wildman–Crippen MR) is 91.2 cm³/mol. The number of nitrogens with one attached hydrogen (secondary N) is 1. The Labute approximate surface area is 147 Å². The average Bonchev–Trinajstić information content (AvgIpc) is 2.87. The minimum atomic E-state index is -0.329. The van der Waals surface area contributed by atoms with E-state index in [4.69, 9.17) is 46.4 Å². The highest BCUT2D eigenvalue weighted by molar-refractivity contribution is 6.42. The molecule has 2 aromatic rings. The molecule has 1 unspecified atom stereocenters. The number of anilines is 1. The van der Waals surface area contributed by atoms with Crippen molar-refractivity contribution in [2.45, 2.75) is 5.92 Å². The first-order valence-corrected chi connectivity index (χ1v) is 7.96. The summed E-state index contributed by atoms with van der Waals surface area (Å²) in [7, 11) is 0. The van der Waals surface area contributed by atoms with Crippen LogP contribution in [-0.4, -0.2) is 12.5 Å². The number of amides is 1. The summed E-state index contributed by atoms with van der Waals surface area (Å²) in [5, 5.41) is 3.20. The first-order valence-electron chi connectivity index (χ1n) is 6.45. The molecule has 22 heavy (non-hydrogen) atoms. The van der Waals surface area contributed by atoms with Crippen LogP contribution >= 0.6 is 46.4 Å². The van der Waals surface area contributed by atoms with E-state index in [1.807, 2.05) is 0 Å². The van der Waals surface area contributed by atoms with Gasteiger partial charge in [0.05, 0.1) is 31.7 Å². The Hall–Kier alpha value is -0.970. The van der Waals surface area contributed by atoms with E-state index in [9.17, 15) is 4.79 Å². The van der Waals surface area contributed by atoms with E-state index in [1.54, 1.807) is 36.4 Å². The summed E-state index contributed by atoms with van der Waals surface area (Å²) in [6.45, 7) is 0.469. The summed E-state index contributed by atoms with van der Waals surface area (Å²) >= 11 is 23.8. The van der Waals surface area contributed by atoms with Crippen molar-refractivity contribution in [3.8, 4) is 0 Å². The van der Waals surface area contributed by atoms with Crippen molar-refractivity contribution >= 4 is 58.0 Å². The highest BCUT2D eigenvalue weighted by Crippen LogP contribution is 2.32. The molecule has 1 amide bonds. The summed E-state index contributed by atoms with van der Waals surface area (Å²) in [4.78, 5) is 12.6. The number of carbonyl (C=O) groups is 1. The molecule has 114 valence electrons. The van der Waals surface area contributed by atoms with E-state index in [1.165, 1.54) is 5.01 Å². The van der Waals surface area contributed by atoms with E-state index < -0.39 is 0 Å². The van der Waals surface area contributed by atoms with Crippen molar-refractivity contribution in [3.05, 3.63) is 62.1 Å². The van der Waals surface area contributed by atoms with Gasteiger partial charge < -0.3 is 0 Å². The van der Waals surface area contributed by atoms with Gasteiger partial charge in [-0.15, -0.1) is 0 Å². The highest BCUT2D eigenvalue weighted by Gasteiger charge is 2.34. The molecule has 0 spiro atoms. The van der Waals surface area contributed by atoms with Crippen LogP contribution in [-0.2, 0) is 4.79 Å². The molecule has 1 aliphatic heterocycles. The van der Waals surface area contributed by atoms with Crippen LogP contribution in [0.4, 0.5) is 5.69 Å². The number of benzene rings is 2. The second kappa shape index (κ2) is 6.26. The molecular formula is C15H10Cl4N2O. The molecule has 3 nitrogen and oxygen atoms in total. The number of halogens is 4. The average molecular weight is 376 g/mol. The SMILES string of the molecule is O=C1C(c2ccc(Cl)c(Cl)c2)CNN1c1ccc(Cl)c(Cl)c1. The van der Waals surface area contributed by atoms with Gasteiger partial charge in [-0.1, -0.05) is 52.5 Å². The molecule has 1 fully saturated rings. The molecular weight excluding hydrogens is 366 g/mol. The lowest BCUT2D eigenvalue weighted by molar-refractivity contribution is -0.118. The molecule has 0 saturated carbocycles. The molecule has 0 bridgehead atoms. The molecule has 0 aliphatic carbocycles. The molecule has 1 heterocycles. The molecule has 2 aromatic carbocycles. The van der Waals surface area contributed by atoms with Crippen molar-refractivity contribution < 1.29 is 4.79 Å². The van der Waals surface area contributed by atoms with E-state index >= 15 is 0 Å². The second-order valence-corrected chi connectivity index (χ2v) is 6.49.